The lowest BCUT2D eigenvalue weighted by Crippen LogP contribution is -2.09. The van der Waals surface area contributed by atoms with Crippen molar-refractivity contribution in [3.63, 3.8) is 0 Å². The zero-order valence-electron chi connectivity index (χ0n) is 15.0. The fraction of sp³-hybridized carbons (Fsp3) is 0.444. The van der Waals surface area contributed by atoms with Gasteiger partial charge in [0.05, 0.1) is 31.7 Å². The minimum Gasteiger partial charge on any atom is -0.493 e. The number of hydrogen-bond donors (Lipinski definition) is 2. The lowest BCUT2D eigenvalue weighted by molar-refractivity contribution is 0.274. The van der Waals surface area contributed by atoms with Crippen molar-refractivity contribution >= 4 is 7.12 Å². The number of aliphatic hydroxyl groups is 1. The molecule has 2 heterocycles. The first-order chi connectivity index (χ1) is 12.6. The summed E-state index contributed by atoms with van der Waals surface area (Å²) in [6, 6.07) is 7.36. The van der Waals surface area contributed by atoms with Crippen LogP contribution in [0.2, 0.25) is 6.32 Å². The van der Waals surface area contributed by atoms with Crippen LogP contribution in [0.25, 0.3) is 11.3 Å². The molecule has 138 valence electrons. The Morgan fingerprint density at radius 3 is 2.77 bits per heavy atom. The number of hydrogen-bond acceptors (Lipinski definition) is 7. The fourth-order valence-corrected chi connectivity index (χ4v) is 2.88. The Hall–Kier alpha value is -2.16. The van der Waals surface area contributed by atoms with Gasteiger partial charge in [-0.2, -0.15) is 0 Å². The molecule has 3 rings (SSSR count). The molecule has 0 spiro atoms. The first kappa shape index (κ1) is 18.6. The molecule has 0 saturated carbocycles. The Balaban J connectivity index is 1.97. The van der Waals surface area contributed by atoms with Crippen molar-refractivity contribution in [2.75, 3.05) is 20.3 Å². The van der Waals surface area contributed by atoms with Crippen molar-refractivity contribution < 1.29 is 24.3 Å². The standard InChI is InChI=1S/C18H23BN2O5/c1-3-6-25-17-7-12(4-5-16(17)24-2)15-8-14(10-22)20-18(21-15)13-9-19(23)26-11-13/h4-5,7-8,13,22-23H,3,6,9-11H2,1-2H3/t13-/m0/s1. The molecule has 1 atom stereocenters. The number of rotatable bonds is 7. The maximum atomic E-state index is 9.59. The molecular formula is C18H23BN2O5. The van der Waals surface area contributed by atoms with Gasteiger partial charge in [0.2, 0.25) is 0 Å². The maximum Gasteiger partial charge on any atom is 0.454 e. The smallest absolute Gasteiger partial charge is 0.454 e. The van der Waals surface area contributed by atoms with Crippen molar-refractivity contribution in [2.24, 2.45) is 0 Å². The quantitative estimate of drug-likeness (QED) is 0.732. The molecule has 26 heavy (non-hydrogen) atoms. The van der Waals surface area contributed by atoms with Crippen molar-refractivity contribution in [3.05, 3.63) is 35.8 Å². The predicted molar refractivity (Wildman–Crippen MR) is 97.2 cm³/mol. The molecule has 1 aromatic heterocycles. The van der Waals surface area contributed by atoms with E-state index in [0.717, 1.165) is 12.0 Å². The van der Waals surface area contributed by atoms with Crippen molar-refractivity contribution in [1.82, 2.24) is 9.97 Å². The van der Waals surface area contributed by atoms with Gasteiger partial charge in [0.15, 0.2) is 11.5 Å². The molecular weight excluding hydrogens is 335 g/mol. The number of nitrogens with zero attached hydrogens (tertiary/aromatic N) is 2. The average Bonchev–Trinajstić information content (AvgIpc) is 3.12. The van der Waals surface area contributed by atoms with Crippen LogP contribution in [0.5, 0.6) is 11.5 Å². The lowest BCUT2D eigenvalue weighted by atomic mass is 9.82. The summed E-state index contributed by atoms with van der Waals surface area (Å²) in [7, 11) is 0.811. The van der Waals surface area contributed by atoms with Crippen LogP contribution in [0.1, 0.15) is 30.8 Å². The van der Waals surface area contributed by atoms with Crippen molar-refractivity contribution in [1.29, 1.82) is 0 Å². The Labute approximate surface area is 153 Å². The fourth-order valence-electron chi connectivity index (χ4n) is 2.88. The molecule has 0 unspecified atom stereocenters. The molecule has 0 aliphatic carbocycles. The molecule has 2 aromatic rings. The van der Waals surface area contributed by atoms with E-state index in [2.05, 4.69) is 9.97 Å². The largest absolute Gasteiger partial charge is 0.493 e. The molecule has 0 bridgehead atoms. The summed E-state index contributed by atoms with van der Waals surface area (Å²) >= 11 is 0. The van der Waals surface area contributed by atoms with Crippen LogP contribution in [0.15, 0.2) is 24.3 Å². The van der Waals surface area contributed by atoms with Gasteiger partial charge in [0, 0.05) is 18.1 Å². The predicted octanol–water partition coefficient (Wildman–Crippen LogP) is 2.03. The van der Waals surface area contributed by atoms with Crippen LogP contribution >= 0.6 is 0 Å². The van der Waals surface area contributed by atoms with E-state index in [1.165, 1.54) is 0 Å². The summed E-state index contributed by atoms with van der Waals surface area (Å²) in [5.41, 5.74) is 2.05. The van der Waals surface area contributed by atoms with Gasteiger partial charge in [-0.3, -0.25) is 0 Å². The second-order valence-corrected chi connectivity index (χ2v) is 6.20. The van der Waals surface area contributed by atoms with E-state index >= 15 is 0 Å². The zero-order chi connectivity index (χ0) is 18.5. The Morgan fingerprint density at radius 1 is 1.27 bits per heavy atom. The number of aliphatic hydroxyl groups excluding tert-OH is 1. The van der Waals surface area contributed by atoms with Gasteiger partial charge in [-0.15, -0.1) is 0 Å². The lowest BCUT2D eigenvalue weighted by Gasteiger charge is -2.14. The average molecular weight is 358 g/mol. The third-order valence-corrected chi connectivity index (χ3v) is 4.22. The summed E-state index contributed by atoms with van der Waals surface area (Å²) < 4.78 is 16.3. The topological polar surface area (TPSA) is 93.9 Å². The van der Waals surface area contributed by atoms with Gasteiger partial charge < -0.3 is 24.3 Å². The van der Waals surface area contributed by atoms with Gasteiger partial charge in [0.25, 0.3) is 0 Å². The number of aromatic nitrogens is 2. The molecule has 1 fully saturated rings. The molecule has 2 N–H and O–H groups in total. The van der Waals surface area contributed by atoms with Gasteiger partial charge >= 0.3 is 7.12 Å². The van der Waals surface area contributed by atoms with Gasteiger partial charge in [-0.1, -0.05) is 6.92 Å². The third-order valence-electron chi connectivity index (χ3n) is 4.22. The maximum absolute atomic E-state index is 9.59. The first-order valence-corrected chi connectivity index (χ1v) is 8.74. The van der Waals surface area contributed by atoms with E-state index < -0.39 is 7.12 Å². The Kier molecular flexibility index (Phi) is 6.08. The molecule has 1 saturated heterocycles. The van der Waals surface area contributed by atoms with Gasteiger partial charge in [0.1, 0.15) is 5.82 Å². The van der Waals surface area contributed by atoms with E-state index in [0.29, 0.717) is 48.2 Å². The highest BCUT2D eigenvalue weighted by Crippen LogP contribution is 2.33. The minimum absolute atomic E-state index is 0.0932. The second-order valence-electron chi connectivity index (χ2n) is 6.20. The Morgan fingerprint density at radius 2 is 2.12 bits per heavy atom. The summed E-state index contributed by atoms with van der Waals surface area (Å²) in [6.45, 7) is 2.81. The van der Waals surface area contributed by atoms with Crippen LogP contribution in [0.3, 0.4) is 0 Å². The summed E-state index contributed by atoms with van der Waals surface area (Å²) in [5.74, 6) is 1.78. The normalized spacial score (nSPS) is 16.8. The molecule has 1 aliphatic rings. The highest BCUT2D eigenvalue weighted by molar-refractivity contribution is 6.43. The molecule has 0 radical (unpaired) electrons. The summed E-state index contributed by atoms with van der Waals surface area (Å²) in [5, 5.41) is 19.2. The second kappa shape index (κ2) is 8.48. The number of benzene rings is 1. The van der Waals surface area contributed by atoms with Crippen LogP contribution in [0.4, 0.5) is 0 Å². The summed E-state index contributed by atoms with van der Waals surface area (Å²) in [4.78, 5) is 9.03. The van der Waals surface area contributed by atoms with E-state index in [1.807, 2.05) is 25.1 Å². The molecule has 0 amide bonds. The van der Waals surface area contributed by atoms with E-state index in [9.17, 15) is 10.1 Å². The summed E-state index contributed by atoms with van der Waals surface area (Å²) in [6.07, 6.45) is 1.34. The van der Waals surface area contributed by atoms with E-state index in [4.69, 9.17) is 14.1 Å². The van der Waals surface area contributed by atoms with E-state index in [1.54, 1.807) is 13.2 Å². The van der Waals surface area contributed by atoms with Crippen LogP contribution in [-0.2, 0) is 11.3 Å². The van der Waals surface area contributed by atoms with Crippen molar-refractivity contribution in [3.8, 4) is 22.8 Å². The highest BCUT2D eigenvalue weighted by atomic mass is 16.5. The van der Waals surface area contributed by atoms with Crippen LogP contribution in [-0.4, -0.2) is 47.5 Å². The molecule has 7 nitrogen and oxygen atoms in total. The molecule has 1 aliphatic heterocycles. The monoisotopic (exact) mass is 358 g/mol. The molecule has 1 aromatic carbocycles. The first-order valence-electron chi connectivity index (χ1n) is 8.74. The van der Waals surface area contributed by atoms with Gasteiger partial charge in [-0.25, -0.2) is 9.97 Å². The minimum atomic E-state index is -0.792. The zero-order valence-corrected chi connectivity index (χ0v) is 15.0. The van der Waals surface area contributed by atoms with E-state index in [-0.39, 0.29) is 12.5 Å². The SMILES string of the molecule is CCCOc1cc(-c2cc(CO)nc([C@@H]3COB(O)C3)n2)ccc1OC. The Bertz CT molecular complexity index is 758. The van der Waals surface area contributed by atoms with Crippen LogP contribution < -0.4 is 9.47 Å². The van der Waals surface area contributed by atoms with Crippen LogP contribution in [0, 0.1) is 0 Å². The highest BCUT2D eigenvalue weighted by Gasteiger charge is 2.32. The van der Waals surface area contributed by atoms with Crippen molar-refractivity contribution in [2.45, 2.75) is 32.2 Å². The number of methoxy groups -OCH3 is 1. The third kappa shape index (κ3) is 4.15. The molecule has 8 heteroatoms. The number of ether oxygens (including phenoxy) is 2. The van der Waals surface area contributed by atoms with Gasteiger partial charge in [-0.05, 0) is 37.0 Å².